The Morgan fingerprint density at radius 1 is 0.600 bits per heavy atom. The first kappa shape index (κ1) is 17.5. The van der Waals surface area contributed by atoms with E-state index in [9.17, 15) is 4.79 Å². The maximum Gasteiger partial charge on any atom is 0.151 e. The van der Waals surface area contributed by atoms with Crippen molar-refractivity contribution in [2.24, 2.45) is 0 Å². The van der Waals surface area contributed by atoms with Crippen LogP contribution >= 0.6 is 0 Å². The predicted molar refractivity (Wildman–Crippen MR) is 69.9 cm³/mol. The summed E-state index contributed by atoms with van der Waals surface area (Å²) in [5.41, 5.74) is 0. The normalized spacial score (nSPS) is 26.3. The van der Waals surface area contributed by atoms with E-state index in [1.54, 1.807) is 0 Å². The number of aldehydes is 1. The first-order valence-electron chi connectivity index (χ1n) is 6.89. The highest BCUT2D eigenvalue weighted by Gasteiger charge is 2.07. The summed E-state index contributed by atoms with van der Waals surface area (Å²) in [6.45, 7) is 5.03. The van der Waals surface area contributed by atoms with Gasteiger partial charge in [0.25, 0.3) is 0 Å². The van der Waals surface area contributed by atoms with Gasteiger partial charge in [0.1, 0.15) is 6.10 Å². The van der Waals surface area contributed by atoms with Crippen molar-refractivity contribution < 1.29 is 33.2 Å². The second-order valence-electron chi connectivity index (χ2n) is 4.07. The minimum atomic E-state index is -0.558. The van der Waals surface area contributed by atoms with Crippen molar-refractivity contribution in [3.05, 3.63) is 0 Å². The second-order valence-corrected chi connectivity index (χ2v) is 4.07. The lowest BCUT2D eigenvalue weighted by Crippen LogP contribution is -2.25. The van der Waals surface area contributed by atoms with E-state index >= 15 is 0 Å². The molecule has 118 valence electrons. The van der Waals surface area contributed by atoms with Crippen molar-refractivity contribution in [3.63, 3.8) is 0 Å². The molecule has 0 saturated carbocycles. The van der Waals surface area contributed by atoms with Crippen LogP contribution in [0, 0.1) is 0 Å². The van der Waals surface area contributed by atoms with Gasteiger partial charge in [-0.2, -0.15) is 0 Å². The summed E-state index contributed by atoms with van der Waals surface area (Å²) in [5.74, 6) is 0. The van der Waals surface area contributed by atoms with Crippen LogP contribution in [0.1, 0.15) is 0 Å². The third kappa shape index (κ3) is 10.2. The first-order chi connectivity index (χ1) is 9.93. The molecule has 0 bridgehead atoms. The lowest BCUT2D eigenvalue weighted by molar-refractivity contribution is -0.124. The van der Waals surface area contributed by atoms with Gasteiger partial charge >= 0.3 is 0 Å². The Morgan fingerprint density at radius 2 is 1.00 bits per heavy atom. The summed E-state index contributed by atoms with van der Waals surface area (Å²) in [7, 11) is 0. The molecule has 1 heterocycles. The summed E-state index contributed by atoms with van der Waals surface area (Å²) in [5, 5.41) is 0. The Morgan fingerprint density at radius 3 is 1.45 bits per heavy atom. The van der Waals surface area contributed by atoms with Crippen LogP contribution in [0.15, 0.2) is 0 Å². The zero-order valence-electron chi connectivity index (χ0n) is 11.8. The first-order valence-corrected chi connectivity index (χ1v) is 6.89. The van der Waals surface area contributed by atoms with Crippen LogP contribution in [0.3, 0.4) is 0 Å². The van der Waals surface area contributed by atoms with Gasteiger partial charge in [-0.3, -0.25) is 0 Å². The van der Waals surface area contributed by atoms with E-state index in [0.29, 0.717) is 66.1 Å². The molecule has 0 amide bonds. The van der Waals surface area contributed by atoms with Crippen LogP contribution in [-0.2, 0) is 33.2 Å². The van der Waals surface area contributed by atoms with E-state index in [0.717, 1.165) is 6.29 Å². The molecule has 1 saturated heterocycles. The summed E-state index contributed by atoms with van der Waals surface area (Å²) in [4.78, 5) is 10.8. The van der Waals surface area contributed by atoms with E-state index < -0.39 is 6.10 Å². The van der Waals surface area contributed by atoms with Crippen LogP contribution < -0.4 is 0 Å². The molecule has 0 radical (unpaired) electrons. The summed E-state index contributed by atoms with van der Waals surface area (Å²) < 4.78 is 31.9. The molecule has 20 heavy (non-hydrogen) atoms. The fourth-order valence-corrected chi connectivity index (χ4v) is 1.46. The van der Waals surface area contributed by atoms with Crippen LogP contribution in [-0.4, -0.2) is 85.1 Å². The van der Waals surface area contributed by atoms with E-state index in [2.05, 4.69) is 0 Å². The van der Waals surface area contributed by atoms with Crippen molar-refractivity contribution in [1.82, 2.24) is 0 Å². The molecular weight excluding hydrogens is 268 g/mol. The summed E-state index contributed by atoms with van der Waals surface area (Å²) in [6, 6.07) is 0. The van der Waals surface area contributed by atoms with Gasteiger partial charge in [0.05, 0.1) is 72.7 Å². The van der Waals surface area contributed by atoms with Gasteiger partial charge in [0.2, 0.25) is 0 Å². The van der Waals surface area contributed by atoms with Crippen LogP contribution in [0.5, 0.6) is 0 Å². The zero-order chi connectivity index (χ0) is 14.3. The number of carbonyl (C=O) groups is 1. The predicted octanol–water partition coefficient (Wildman–Crippen LogP) is -0.333. The molecule has 0 aliphatic carbocycles. The monoisotopic (exact) mass is 292 g/mol. The molecule has 1 atom stereocenters. The minimum absolute atomic E-state index is 0.229. The van der Waals surface area contributed by atoms with Crippen molar-refractivity contribution in [1.29, 1.82) is 0 Å². The van der Waals surface area contributed by atoms with Gasteiger partial charge in [-0.1, -0.05) is 0 Å². The molecular formula is C13H24O7. The highest BCUT2D eigenvalue weighted by atomic mass is 16.6. The Bertz CT molecular complexity index is 207. The largest absolute Gasteiger partial charge is 0.377 e. The molecule has 0 aromatic heterocycles. The van der Waals surface area contributed by atoms with Crippen LogP contribution in [0.2, 0.25) is 0 Å². The molecule has 1 aliphatic heterocycles. The fourth-order valence-electron chi connectivity index (χ4n) is 1.46. The topological polar surface area (TPSA) is 72.5 Å². The molecule has 0 aromatic carbocycles. The standard InChI is InChI=1S/C13H24O7/c14-11-13-12-19-8-7-17-4-3-15-1-2-16-5-6-18-9-10-20-13/h11,13H,1-10,12H2. The van der Waals surface area contributed by atoms with Gasteiger partial charge in [0, 0.05) is 0 Å². The molecule has 0 N–H and O–H groups in total. The number of hydrogen-bond acceptors (Lipinski definition) is 7. The maximum absolute atomic E-state index is 10.8. The molecule has 1 fully saturated rings. The zero-order valence-corrected chi connectivity index (χ0v) is 11.8. The van der Waals surface area contributed by atoms with Crippen molar-refractivity contribution >= 4 is 6.29 Å². The molecule has 1 aliphatic rings. The quantitative estimate of drug-likeness (QED) is 0.613. The molecule has 0 aromatic rings. The summed E-state index contributed by atoms with van der Waals surface area (Å²) >= 11 is 0. The smallest absolute Gasteiger partial charge is 0.151 e. The van der Waals surface area contributed by atoms with Crippen LogP contribution in [0.4, 0.5) is 0 Å². The minimum Gasteiger partial charge on any atom is -0.377 e. The number of rotatable bonds is 1. The van der Waals surface area contributed by atoms with Crippen molar-refractivity contribution in [2.75, 3.05) is 72.7 Å². The summed E-state index contributed by atoms with van der Waals surface area (Å²) in [6.07, 6.45) is 0.174. The lowest BCUT2D eigenvalue weighted by Gasteiger charge is -2.13. The van der Waals surface area contributed by atoms with Gasteiger partial charge < -0.3 is 33.2 Å². The third-order valence-corrected chi connectivity index (χ3v) is 2.48. The molecule has 1 rings (SSSR count). The fraction of sp³-hybridized carbons (Fsp3) is 0.923. The Labute approximate surface area is 119 Å². The second kappa shape index (κ2) is 13.4. The van der Waals surface area contributed by atoms with Gasteiger partial charge in [-0.05, 0) is 0 Å². The molecule has 7 heteroatoms. The van der Waals surface area contributed by atoms with Crippen LogP contribution in [0.25, 0.3) is 0 Å². The average Bonchev–Trinajstić information content (AvgIpc) is 2.47. The Balaban J connectivity index is 2.16. The van der Waals surface area contributed by atoms with E-state index in [4.69, 9.17) is 28.4 Å². The third-order valence-electron chi connectivity index (χ3n) is 2.48. The van der Waals surface area contributed by atoms with E-state index in [1.807, 2.05) is 0 Å². The highest BCUT2D eigenvalue weighted by Crippen LogP contribution is 1.92. The van der Waals surface area contributed by atoms with Gasteiger partial charge in [-0.15, -0.1) is 0 Å². The lowest BCUT2D eigenvalue weighted by atomic mass is 10.4. The van der Waals surface area contributed by atoms with E-state index in [1.165, 1.54) is 0 Å². The van der Waals surface area contributed by atoms with Gasteiger partial charge in [0.15, 0.2) is 6.29 Å². The van der Waals surface area contributed by atoms with E-state index in [-0.39, 0.29) is 6.61 Å². The number of ether oxygens (including phenoxy) is 6. The highest BCUT2D eigenvalue weighted by molar-refractivity contribution is 5.56. The average molecular weight is 292 g/mol. The van der Waals surface area contributed by atoms with Crippen molar-refractivity contribution in [2.45, 2.75) is 6.10 Å². The van der Waals surface area contributed by atoms with Gasteiger partial charge in [-0.25, -0.2) is 0 Å². The van der Waals surface area contributed by atoms with Crippen molar-refractivity contribution in [3.8, 4) is 0 Å². The Kier molecular flexibility index (Phi) is 11.7. The molecule has 7 nitrogen and oxygen atoms in total. The molecule has 1 unspecified atom stereocenters. The SMILES string of the molecule is O=CC1COCCOCCOCCOCCOCCO1. The molecule has 0 spiro atoms. The number of hydrogen-bond donors (Lipinski definition) is 0. The number of carbonyl (C=O) groups excluding carboxylic acids is 1. The Hall–Kier alpha value is -0.570. The maximum atomic E-state index is 10.8.